The fourth-order valence-electron chi connectivity index (χ4n) is 7.08. The number of carbonyl (C=O) groups excluding carboxylic acids is 2. The highest BCUT2D eigenvalue weighted by molar-refractivity contribution is 5.91. The molecule has 2 rings (SSSR count). The number of benzene rings is 2. The number of nitrogens with one attached hydrogen (secondary N) is 2. The van der Waals surface area contributed by atoms with Gasteiger partial charge in [0.25, 0.3) is 0 Å². The minimum atomic E-state index is 0.0825. The van der Waals surface area contributed by atoms with E-state index >= 15 is 0 Å². The molecular formula is C47H80N4O2. The summed E-state index contributed by atoms with van der Waals surface area (Å²) >= 11 is 0. The summed E-state index contributed by atoms with van der Waals surface area (Å²) in [5.41, 5.74) is 4.08. The van der Waals surface area contributed by atoms with Gasteiger partial charge in [-0.25, -0.2) is 0 Å². The minimum Gasteiger partial charge on any atom is -0.326 e. The topological polar surface area (TPSA) is 64.7 Å². The molecule has 0 aromatic heterocycles. The summed E-state index contributed by atoms with van der Waals surface area (Å²) in [5, 5.41) is 6.13. The van der Waals surface area contributed by atoms with Crippen molar-refractivity contribution >= 4 is 23.2 Å². The lowest BCUT2D eigenvalue weighted by atomic mass is 10.0. The lowest BCUT2D eigenvalue weighted by Gasteiger charge is -2.16. The molecule has 0 fully saturated rings. The van der Waals surface area contributed by atoms with Gasteiger partial charge in [-0.3, -0.25) is 9.59 Å². The number of carbonyl (C=O) groups is 2. The smallest absolute Gasteiger partial charge is 0.224 e. The summed E-state index contributed by atoms with van der Waals surface area (Å²) in [7, 11) is 4.35. The predicted molar refractivity (Wildman–Crippen MR) is 230 cm³/mol. The average Bonchev–Trinajstić information content (AvgIpc) is 3.14. The zero-order valence-corrected chi connectivity index (χ0v) is 34.8. The number of nitrogens with zero attached hydrogens (tertiary/aromatic N) is 2. The lowest BCUT2D eigenvalue weighted by molar-refractivity contribution is -0.117. The molecule has 0 saturated carbocycles. The monoisotopic (exact) mass is 733 g/mol. The quantitative estimate of drug-likeness (QED) is 0.0703. The zero-order chi connectivity index (χ0) is 38.2. The van der Waals surface area contributed by atoms with Crippen LogP contribution in [0.15, 0.2) is 48.5 Å². The number of anilines is 2. The third-order valence-electron chi connectivity index (χ3n) is 10.6. The van der Waals surface area contributed by atoms with E-state index in [0.29, 0.717) is 12.8 Å². The Morgan fingerprint density at radius 2 is 0.698 bits per heavy atom. The first-order valence-electron chi connectivity index (χ1n) is 22.0. The maximum Gasteiger partial charge on any atom is 0.224 e. The molecule has 0 spiro atoms. The Kier molecular flexibility index (Phi) is 27.7. The first kappa shape index (κ1) is 46.5. The van der Waals surface area contributed by atoms with Gasteiger partial charge in [-0.15, -0.1) is 0 Å². The van der Waals surface area contributed by atoms with E-state index in [4.69, 9.17) is 0 Å². The highest BCUT2D eigenvalue weighted by atomic mass is 16.2. The van der Waals surface area contributed by atoms with Gasteiger partial charge in [0.1, 0.15) is 0 Å². The molecule has 0 aliphatic rings. The molecule has 0 atom stereocenters. The number of unbranched alkanes of at least 4 members (excludes halogenated alkanes) is 18. The minimum absolute atomic E-state index is 0.0825. The lowest BCUT2D eigenvalue weighted by Crippen LogP contribution is -2.22. The van der Waals surface area contributed by atoms with Crippen LogP contribution < -0.4 is 10.6 Å². The maximum atomic E-state index is 12.6. The van der Waals surface area contributed by atoms with Gasteiger partial charge < -0.3 is 20.4 Å². The van der Waals surface area contributed by atoms with E-state index in [0.717, 1.165) is 56.8 Å². The van der Waals surface area contributed by atoms with E-state index in [2.05, 4.69) is 72.6 Å². The van der Waals surface area contributed by atoms with Crippen LogP contribution >= 0.6 is 0 Å². The molecule has 53 heavy (non-hydrogen) atoms. The van der Waals surface area contributed by atoms with Crippen molar-refractivity contribution in [2.24, 2.45) is 0 Å². The van der Waals surface area contributed by atoms with Crippen LogP contribution in [-0.4, -0.2) is 61.9 Å². The molecule has 0 aliphatic heterocycles. The normalized spacial score (nSPS) is 11.4. The van der Waals surface area contributed by atoms with Crippen LogP contribution in [0.25, 0.3) is 0 Å². The number of rotatable bonds is 34. The second kappa shape index (κ2) is 31.6. The van der Waals surface area contributed by atoms with Crippen molar-refractivity contribution in [3.63, 3.8) is 0 Å². The largest absolute Gasteiger partial charge is 0.326 e. The molecule has 300 valence electrons. The average molecular weight is 733 g/mol. The van der Waals surface area contributed by atoms with Crippen LogP contribution in [0.3, 0.4) is 0 Å². The van der Waals surface area contributed by atoms with E-state index in [1.54, 1.807) is 0 Å². The van der Waals surface area contributed by atoms with E-state index in [1.165, 1.54) is 140 Å². The molecule has 6 heteroatoms. The molecule has 6 nitrogen and oxygen atoms in total. The highest BCUT2D eigenvalue weighted by Crippen LogP contribution is 2.17. The predicted octanol–water partition coefficient (Wildman–Crippen LogP) is 12.4. The Morgan fingerprint density at radius 3 is 1.02 bits per heavy atom. The second-order valence-electron chi connectivity index (χ2n) is 15.8. The van der Waals surface area contributed by atoms with E-state index in [1.807, 2.05) is 24.3 Å². The Balaban J connectivity index is 1.51. The second-order valence-corrected chi connectivity index (χ2v) is 15.8. The van der Waals surface area contributed by atoms with Crippen LogP contribution in [0.1, 0.15) is 179 Å². The molecule has 0 radical (unpaired) electrons. The molecule has 2 N–H and O–H groups in total. The van der Waals surface area contributed by atoms with Crippen LogP contribution in [0.4, 0.5) is 11.4 Å². The highest BCUT2D eigenvalue weighted by Gasteiger charge is 2.07. The van der Waals surface area contributed by atoms with Crippen molar-refractivity contribution in [2.75, 3.05) is 50.9 Å². The third-order valence-corrected chi connectivity index (χ3v) is 10.6. The Morgan fingerprint density at radius 1 is 0.415 bits per heavy atom. The zero-order valence-electron chi connectivity index (χ0n) is 34.8. The van der Waals surface area contributed by atoms with Gasteiger partial charge in [0.15, 0.2) is 0 Å². The summed E-state index contributed by atoms with van der Waals surface area (Å²) in [6.45, 7) is 8.72. The van der Waals surface area contributed by atoms with Crippen molar-refractivity contribution in [2.45, 2.75) is 174 Å². The molecular weight excluding hydrogens is 653 g/mol. The number of amides is 2. The van der Waals surface area contributed by atoms with Crippen molar-refractivity contribution in [1.82, 2.24) is 9.80 Å². The summed E-state index contributed by atoms with van der Waals surface area (Å²) < 4.78 is 0. The van der Waals surface area contributed by atoms with Gasteiger partial charge >= 0.3 is 0 Å². The van der Waals surface area contributed by atoms with Gasteiger partial charge in [0.05, 0.1) is 0 Å². The summed E-state index contributed by atoms with van der Waals surface area (Å²) in [4.78, 5) is 29.8. The van der Waals surface area contributed by atoms with Gasteiger partial charge in [-0.2, -0.15) is 0 Å². The maximum absolute atomic E-state index is 12.6. The molecule has 2 aromatic carbocycles. The first-order chi connectivity index (χ1) is 25.9. The molecule has 0 unspecified atom stereocenters. The van der Waals surface area contributed by atoms with E-state index in [-0.39, 0.29) is 11.8 Å². The van der Waals surface area contributed by atoms with Gasteiger partial charge in [0, 0.05) is 24.2 Å². The van der Waals surface area contributed by atoms with Crippen LogP contribution in [0.5, 0.6) is 0 Å². The van der Waals surface area contributed by atoms with E-state index < -0.39 is 0 Å². The molecule has 0 saturated heterocycles. The Labute approximate surface area is 326 Å². The van der Waals surface area contributed by atoms with Crippen molar-refractivity contribution in [3.8, 4) is 0 Å². The standard InChI is InChI=1S/C47H80N4O2/c1-5-7-9-11-13-15-17-19-21-23-37-50(3)39-25-27-46(52)48-44-33-29-42(30-34-44)41-43-31-35-45(36-32-43)49-47(53)28-26-40-51(4)38-24-22-20-18-16-14-12-10-8-6-2/h29-36H,5-28,37-41H2,1-4H3,(H,48,52)(H,49,53). The fraction of sp³-hybridized carbons (Fsp3) is 0.702. The van der Waals surface area contributed by atoms with Gasteiger partial charge in [0.2, 0.25) is 11.8 Å². The van der Waals surface area contributed by atoms with Crippen LogP contribution in [0.2, 0.25) is 0 Å². The molecule has 2 amide bonds. The van der Waals surface area contributed by atoms with Crippen LogP contribution in [-0.2, 0) is 16.0 Å². The van der Waals surface area contributed by atoms with Gasteiger partial charge in [-0.1, -0.05) is 154 Å². The third kappa shape index (κ3) is 25.9. The Bertz CT molecular complexity index is 1070. The van der Waals surface area contributed by atoms with Crippen molar-refractivity contribution in [3.05, 3.63) is 59.7 Å². The van der Waals surface area contributed by atoms with Crippen molar-refractivity contribution < 1.29 is 9.59 Å². The summed E-state index contributed by atoms with van der Waals surface area (Å²) in [6.07, 6.45) is 30.9. The summed E-state index contributed by atoms with van der Waals surface area (Å²) in [6, 6.07) is 16.3. The fourth-order valence-corrected chi connectivity index (χ4v) is 7.08. The summed E-state index contributed by atoms with van der Waals surface area (Å²) in [5.74, 6) is 0.165. The molecule has 0 bridgehead atoms. The molecule has 0 aliphatic carbocycles. The molecule has 0 heterocycles. The van der Waals surface area contributed by atoms with Crippen LogP contribution in [0, 0.1) is 0 Å². The number of hydrogen-bond donors (Lipinski definition) is 2. The van der Waals surface area contributed by atoms with Gasteiger partial charge in [-0.05, 0) is 108 Å². The first-order valence-corrected chi connectivity index (χ1v) is 22.0. The van der Waals surface area contributed by atoms with E-state index in [9.17, 15) is 9.59 Å². The number of hydrogen-bond acceptors (Lipinski definition) is 4. The van der Waals surface area contributed by atoms with Crippen molar-refractivity contribution in [1.29, 1.82) is 0 Å². The Hall–Kier alpha value is -2.70. The molecule has 2 aromatic rings. The SMILES string of the molecule is CCCCCCCCCCCCN(C)CCCC(=O)Nc1ccc(Cc2ccc(NC(=O)CCCN(C)CCCCCCCCCCCC)cc2)cc1.